The number of alkyl halides is 3. The maximum Gasteiger partial charge on any atom is 0.471 e. The summed E-state index contributed by atoms with van der Waals surface area (Å²) in [6.45, 7) is 1.81. The van der Waals surface area contributed by atoms with Crippen LogP contribution < -0.4 is 4.90 Å². The van der Waals surface area contributed by atoms with Crippen LogP contribution >= 0.6 is 0 Å². The van der Waals surface area contributed by atoms with Gasteiger partial charge in [0.25, 0.3) is 0 Å². The Kier molecular flexibility index (Phi) is 4.95. The molecule has 0 saturated carbocycles. The zero-order valence-electron chi connectivity index (χ0n) is 12.7. The monoisotopic (exact) mass is 315 g/mol. The van der Waals surface area contributed by atoms with Crippen molar-refractivity contribution in [2.45, 2.75) is 12.7 Å². The number of nitrogens with zero attached hydrogens (tertiary/aromatic N) is 3. The van der Waals surface area contributed by atoms with Gasteiger partial charge in [-0.05, 0) is 31.8 Å². The van der Waals surface area contributed by atoms with Crippen molar-refractivity contribution in [2.75, 3.05) is 45.2 Å². The fourth-order valence-corrected chi connectivity index (χ4v) is 2.56. The predicted molar refractivity (Wildman–Crippen MR) is 78.7 cm³/mol. The fourth-order valence-electron chi connectivity index (χ4n) is 2.56. The maximum atomic E-state index is 12.4. The SMILES string of the molecule is CN(C)Cc1cccc(N2CCN(C(=O)C(F)(F)F)CC2)c1. The van der Waals surface area contributed by atoms with Crippen LogP contribution in [0.4, 0.5) is 18.9 Å². The van der Waals surface area contributed by atoms with E-state index in [1.54, 1.807) is 0 Å². The number of carbonyl (C=O) groups is 1. The highest BCUT2D eigenvalue weighted by Gasteiger charge is 2.43. The molecule has 1 saturated heterocycles. The molecule has 0 bridgehead atoms. The first-order valence-electron chi connectivity index (χ1n) is 7.12. The topological polar surface area (TPSA) is 26.8 Å². The van der Waals surface area contributed by atoms with Crippen LogP contribution in [0.3, 0.4) is 0 Å². The van der Waals surface area contributed by atoms with Gasteiger partial charge in [-0.1, -0.05) is 12.1 Å². The third-order valence-corrected chi connectivity index (χ3v) is 3.58. The highest BCUT2D eigenvalue weighted by atomic mass is 19.4. The summed E-state index contributed by atoms with van der Waals surface area (Å²) < 4.78 is 37.3. The number of rotatable bonds is 3. The standard InChI is InChI=1S/C15H20F3N3O/c1-19(2)11-12-4-3-5-13(10-12)20-6-8-21(9-7-20)14(22)15(16,17)18/h3-5,10H,6-9,11H2,1-2H3. The van der Waals surface area contributed by atoms with Crippen LogP contribution in [0.25, 0.3) is 0 Å². The van der Waals surface area contributed by atoms with Crippen LogP contribution in [0.15, 0.2) is 24.3 Å². The molecular formula is C15H20F3N3O. The third-order valence-electron chi connectivity index (χ3n) is 3.58. The molecule has 0 N–H and O–H groups in total. The summed E-state index contributed by atoms with van der Waals surface area (Å²) in [6, 6.07) is 7.95. The van der Waals surface area contributed by atoms with Crippen molar-refractivity contribution in [3.05, 3.63) is 29.8 Å². The molecule has 1 heterocycles. The quantitative estimate of drug-likeness (QED) is 0.853. The van der Waals surface area contributed by atoms with E-state index in [1.165, 1.54) is 0 Å². The lowest BCUT2D eigenvalue weighted by Gasteiger charge is -2.36. The van der Waals surface area contributed by atoms with Gasteiger partial charge < -0.3 is 14.7 Å². The van der Waals surface area contributed by atoms with Crippen LogP contribution in [0.1, 0.15) is 5.56 Å². The number of halogens is 3. The Morgan fingerprint density at radius 3 is 2.36 bits per heavy atom. The minimum absolute atomic E-state index is 0.0935. The summed E-state index contributed by atoms with van der Waals surface area (Å²) in [5.41, 5.74) is 2.13. The van der Waals surface area contributed by atoms with Crippen LogP contribution in [-0.4, -0.2) is 62.2 Å². The first-order chi connectivity index (χ1) is 10.3. The Labute approximate surface area is 128 Å². The van der Waals surface area contributed by atoms with E-state index >= 15 is 0 Å². The molecule has 7 heteroatoms. The molecule has 0 atom stereocenters. The van der Waals surface area contributed by atoms with E-state index in [0.29, 0.717) is 13.1 Å². The van der Waals surface area contributed by atoms with Crippen molar-refractivity contribution in [2.24, 2.45) is 0 Å². The molecule has 1 aliphatic rings. The van der Waals surface area contributed by atoms with E-state index in [-0.39, 0.29) is 13.1 Å². The van der Waals surface area contributed by atoms with Gasteiger partial charge in [0.2, 0.25) is 0 Å². The van der Waals surface area contributed by atoms with Crippen molar-refractivity contribution < 1.29 is 18.0 Å². The van der Waals surface area contributed by atoms with Gasteiger partial charge in [0.15, 0.2) is 0 Å². The number of amides is 1. The van der Waals surface area contributed by atoms with Crippen LogP contribution in [-0.2, 0) is 11.3 Å². The first kappa shape index (κ1) is 16.6. The highest BCUT2D eigenvalue weighted by Crippen LogP contribution is 2.22. The second-order valence-electron chi connectivity index (χ2n) is 5.68. The predicted octanol–water partition coefficient (Wildman–Crippen LogP) is 1.96. The first-order valence-corrected chi connectivity index (χ1v) is 7.12. The normalized spacial score (nSPS) is 16.3. The summed E-state index contributed by atoms with van der Waals surface area (Å²) >= 11 is 0. The molecule has 0 radical (unpaired) electrons. The van der Waals surface area contributed by atoms with Gasteiger partial charge in [-0.15, -0.1) is 0 Å². The number of carbonyl (C=O) groups excluding carboxylic acids is 1. The average molecular weight is 315 g/mol. The third kappa shape index (κ3) is 4.13. The molecule has 1 aromatic carbocycles. The van der Waals surface area contributed by atoms with E-state index in [4.69, 9.17) is 0 Å². The Morgan fingerprint density at radius 1 is 1.18 bits per heavy atom. The Bertz CT molecular complexity index is 523. The molecule has 1 aliphatic heterocycles. The Morgan fingerprint density at radius 2 is 1.82 bits per heavy atom. The zero-order chi connectivity index (χ0) is 16.3. The summed E-state index contributed by atoms with van der Waals surface area (Å²) in [6.07, 6.45) is -4.78. The second-order valence-corrected chi connectivity index (χ2v) is 5.68. The van der Waals surface area contributed by atoms with Gasteiger partial charge in [-0.25, -0.2) is 0 Å². The largest absolute Gasteiger partial charge is 0.471 e. The molecule has 0 aromatic heterocycles. The fraction of sp³-hybridized carbons (Fsp3) is 0.533. The number of anilines is 1. The van der Waals surface area contributed by atoms with Gasteiger partial charge in [0.05, 0.1) is 0 Å². The Balaban J connectivity index is 1.98. The molecule has 0 spiro atoms. The molecule has 1 fully saturated rings. The molecule has 0 unspecified atom stereocenters. The summed E-state index contributed by atoms with van der Waals surface area (Å²) in [5.74, 6) is -1.74. The number of benzene rings is 1. The number of hydrogen-bond donors (Lipinski definition) is 0. The van der Waals surface area contributed by atoms with Gasteiger partial charge in [0, 0.05) is 38.4 Å². The van der Waals surface area contributed by atoms with Crippen molar-refractivity contribution in [3.8, 4) is 0 Å². The molecule has 4 nitrogen and oxygen atoms in total. The van der Waals surface area contributed by atoms with Crippen LogP contribution in [0, 0.1) is 0 Å². The summed E-state index contributed by atoms with van der Waals surface area (Å²) in [7, 11) is 3.96. The lowest BCUT2D eigenvalue weighted by atomic mass is 10.1. The molecule has 1 aromatic rings. The zero-order valence-corrected chi connectivity index (χ0v) is 12.7. The van der Waals surface area contributed by atoms with E-state index in [1.807, 2.05) is 43.3 Å². The lowest BCUT2D eigenvalue weighted by molar-refractivity contribution is -0.185. The highest BCUT2D eigenvalue weighted by molar-refractivity contribution is 5.82. The van der Waals surface area contributed by atoms with E-state index in [0.717, 1.165) is 22.7 Å². The van der Waals surface area contributed by atoms with E-state index in [2.05, 4.69) is 4.90 Å². The average Bonchev–Trinajstić information content (AvgIpc) is 2.45. The van der Waals surface area contributed by atoms with Crippen molar-refractivity contribution in [1.29, 1.82) is 0 Å². The second kappa shape index (κ2) is 6.56. The van der Waals surface area contributed by atoms with Gasteiger partial charge >= 0.3 is 12.1 Å². The van der Waals surface area contributed by atoms with E-state index in [9.17, 15) is 18.0 Å². The molecule has 122 valence electrons. The van der Waals surface area contributed by atoms with Gasteiger partial charge in [0.1, 0.15) is 0 Å². The van der Waals surface area contributed by atoms with Crippen LogP contribution in [0.2, 0.25) is 0 Å². The summed E-state index contributed by atoms with van der Waals surface area (Å²) in [5, 5.41) is 0. The molecule has 1 amide bonds. The van der Waals surface area contributed by atoms with Crippen molar-refractivity contribution >= 4 is 11.6 Å². The molecule has 22 heavy (non-hydrogen) atoms. The van der Waals surface area contributed by atoms with Crippen molar-refractivity contribution in [1.82, 2.24) is 9.80 Å². The van der Waals surface area contributed by atoms with Crippen LogP contribution in [0.5, 0.6) is 0 Å². The smallest absolute Gasteiger partial charge is 0.368 e. The molecule has 0 aliphatic carbocycles. The van der Waals surface area contributed by atoms with Gasteiger partial charge in [-0.3, -0.25) is 4.79 Å². The molecular weight excluding hydrogens is 295 g/mol. The summed E-state index contributed by atoms with van der Waals surface area (Å²) in [4.78, 5) is 16.2. The number of piperazine rings is 1. The van der Waals surface area contributed by atoms with E-state index < -0.39 is 12.1 Å². The van der Waals surface area contributed by atoms with Crippen molar-refractivity contribution in [3.63, 3.8) is 0 Å². The van der Waals surface area contributed by atoms with Gasteiger partial charge in [-0.2, -0.15) is 13.2 Å². The maximum absolute atomic E-state index is 12.4. The minimum Gasteiger partial charge on any atom is -0.368 e. The molecule has 2 rings (SSSR count). The minimum atomic E-state index is -4.78. The lowest BCUT2D eigenvalue weighted by Crippen LogP contribution is -2.52. The number of hydrogen-bond acceptors (Lipinski definition) is 3. The Hall–Kier alpha value is -1.76.